The number of sulfonamides is 1. The van der Waals surface area contributed by atoms with Gasteiger partial charge in [0.2, 0.25) is 5.09 Å². The van der Waals surface area contributed by atoms with Crippen molar-refractivity contribution in [2.45, 2.75) is 43.4 Å². The summed E-state index contributed by atoms with van der Waals surface area (Å²) in [5, 5.41) is 11.8. The van der Waals surface area contributed by atoms with Crippen LogP contribution in [0.1, 0.15) is 31.4 Å². The Labute approximate surface area is 113 Å². The lowest BCUT2D eigenvalue weighted by Gasteiger charge is -2.03. The Bertz CT molecular complexity index is 494. The first-order valence-corrected chi connectivity index (χ1v) is 8.03. The Morgan fingerprint density at radius 2 is 2.11 bits per heavy atom. The van der Waals surface area contributed by atoms with Crippen LogP contribution in [0.2, 0.25) is 0 Å². The molecular formula is C12H20N2O4S. The van der Waals surface area contributed by atoms with Crippen LogP contribution in [0.4, 0.5) is 0 Å². The first kappa shape index (κ1) is 14.5. The van der Waals surface area contributed by atoms with Crippen molar-refractivity contribution >= 4 is 10.0 Å². The minimum absolute atomic E-state index is 0.0518. The van der Waals surface area contributed by atoms with Gasteiger partial charge in [0.15, 0.2) is 0 Å². The third-order valence-electron chi connectivity index (χ3n) is 2.92. The summed E-state index contributed by atoms with van der Waals surface area (Å²) in [5.41, 5.74) is 0. The van der Waals surface area contributed by atoms with Crippen LogP contribution in [0.15, 0.2) is 21.6 Å². The number of unbranched alkanes of at least 4 members (excludes halogenated alkanes) is 1. The molecule has 2 rings (SSSR count). The van der Waals surface area contributed by atoms with E-state index < -0.39 is 10.0 Å². The molecule has 0 amide bonds. The van der Waals surface area contributed by atoms with Crippen LogP contribution in [0.3, 0.4) is 0 Å². The summed E-state index contributed by atoms with van der Waals surface area (Å²) in [4.78, 5) is 0. The van der Waals surface area contributed by atoms with Gasteiger partial charge in [-0.3, -0.25) is 0 Å². The summed E-state index contributed by atoms with van der Waals surface area (Å²) < 4.78 is 31.5. The van der Waals surface area contributed by atoms with Crippen molar-refractivity contribution in [3.63, 3.8) is 0 Å². The Morgan fingerprint density at radius 1 is 1.32 bits per heavy atom. The molecule has 0 spiro atoms. The van der Waals surface area contributed by atoms with E-state index in [1.807, 2.05) is 0 Å². The van der Waals surface area contributed by atoms with Gasteiger partial charge in [-0.2, -0.15) is 0 Å². The van der Waals surface area contributed by atoms with Crippen molar-refractivity contribution in [2.75, 3.05) is 13.2 Å². The molecule has 0 aromatic carbocycles. The molecule has 0 bridgehead atoms. The van der Waals surface area contributed by atoms with Gasteiger partial charge in [-0.1, -0.05) is 0 Å². The molecule has 1 aliphatic carbocycles. The van der Waals surface area contributed by atoms with E-state index >= 15 is 0 Å². The molecule has 3 N–H and O–H groups in total. The Hall–Kier alpha value is -0.890. The first-order chi connectivity index (χ1) is 9.12. The topological polar surface area (TPSA) is 91.6 Å². The summed E-state index contributed by atoms with van der Waals surface area (Å²) in [5.74, 6) is 0.627. The maximum Gasteiger partial charge on any atom is 0.273 e. The second-order valence-corrected chi connectivity index (χ2v) is 6.40. The van der Waals surface area contributed by atoms with Gasteiger partial charge in [0.1, 0.15) is 5.76 Å². The average molecular weight is 288 g/mol. The number of rotatable bonds is 9. The minimum atomic E-state index is -3.57. The van der Waals surface area contributed by atoms with E-state index in [-0.39, 0.29) is 11.7 Å². The first-order valence-electron chi connectivity index (χ1n) is 6.54. The number of aliphatic hydroxyl groups is 1. The minimum Gasteiger partial charge on any atom is -0.447 e. The smallest absolute Gasteiger partial charge is 0.273 e. The summed E-state index contributed by atoms with van der Waals surface area (Å²) >= 11 is 0. The van der Waals surface area contributed by atoms with Crippen LogP contribution in [0.5, 0.6) is 0 Å². The standard InChI is InChI=1S/C12H20N2O4S/c15-8-2-1-7-14-19(16,17)12-6-5-11(18-12)9-13-10-3-4-10/h5-6,10,13-15H,1-4,7-9H2. The molecule has 0 atom stereocenters. The zero-order valence-electron chi connectivity index (χ0n) is 10.8. The number of nitrogens with one attached hydrogen (secondary N) is 2. The van der Waals surface area contributed by atoms with Crippen molar-refractivity contribution in [2.24, 2.45) is 0 Å². The molecule has 6 nitrogen and oxygen atoms in total. The summed E-state index contributed by atoms with van der Waals surface area (Å²) in [6.07, 6.45) is 3.54. The SMILES string of the molecule is O=S(=O)(NCCCCO)c1ccc(CNC2CC2)o1. The monoisotopic (exact) mass is 288 g/mol. The number of hydrogen-bond acceptors (Lipinski definition) is 5. The van der Waals surface area contributed by atoms with Crippen molar-refractivity contribution < 1.29 is 17.9 Å². The average Bonchev–Trinajstić information content (AvgIpc) is 3.08. The lowest BCUT2D eigenvalue weighted by Crippen LogP contribution is -2.24. The van der Waals surface area contributed by atoms with Gasteiger partial charge in [0.25, 0.3) is 10.0 Å². The predicted molar refractivity (Wildman–Crippen MR) is 70.1 cm³/mol. The Balaban J connectivity index is 1.84. The molecule has 1 saturated carbocycles. The van der Waals surface area contributed by atoms with Gasteiger partial charge >= 0.3 is 0 Å². The van der Waals surface area contributed by atoms with Crippen molar-refractivity contribution in [1.82, 2.24) is 10.0 Å². The molecule has 1 aromatic rings. The molecule has 1 aromatic heterocycles. The molecule has 0 aliphatic heterocycles. The third-order valence-corrected chi connectivity index (χ3v) is 4.25. The van der Waals surface area contributed by atoms with E-state index in [4.69, 9.17) is 9.52 Å². The lowest BCUT2D eigenvalue weighted by atomic mass is 10.3. The molecular weight excluding hydrogens is 268 g/mol. The van der Waals surface area contributed by atoms with Crippen LogP contribution < -0.4 is 10.0 Å². The van der Waals surface area contributed by atoms with Crippen LogP contribution in [0, 0.1) is 0 Å². The molecule has 0 unspecified atom stereocenters. The predicted octanol–water partition coefficient (Wildman–Crippen LogP) is 0.582. The number of aliphatic hydroxyl groups excluding tert-OH is 1. The van der Waals surface area contributed by atoms with E-state index in [1.165, 1.54) is 18.9 Å². The highest BCUT2D eigenvalue weighted by Gasteiger charge is 2.22. The fourth-order valence-electron chi connectivity index (χ4n) is 1.64. The zero-order valence-corrected chi connectivity index (χ0v) is 11.6. The normalized spacial score (nSPS) is 15.8. The quantitative estimate of drug-likeness (QED) is 0.578. The van der Waals surface area contributed by atoms with Gasteiger partial charge in [0, 0.05) is 19.2 Å². The van der Waals surface area contributed by atoms with E-state index in [2.05, 4.69) is 10.0 Å². The Kier molecular flexibility index (Phi) is 4.98. The summed E-state index contributed by atoms with van der Waals surface area (Å²) in [6.45, 7) is 0.934. The number of hydrogen-bond donors (Lipinski definition) is 3. The van der Waals surface area contributed by atoms with Gasteiger partial charge < -0.3 is 14.8 Å². The summed E-state index contributed by atoms with van der Waals surface area (Å²) in [7, 11) is -3.57. The second-order valence-electron chi connectivity index (χ2n) is 4.70. The fourth-order valence-corrected chi connectivity index (χ4v) is 2.66. The molecule has 1 heterocycles. The van der Waals surface area contributed by atoms with Crippen LogP contribution in [0.25, 0.3) is 0 Å². The van der Waals surface area contributed by atoms with E-state index in [1.54, 1.807) is 6.07 Å². The highest BCUT2D eigenvalue weighted by Crippen LogP contribution is 2.20. The fraction of sp³-hybridized carbons (Fsp3) is 0.667. The van der Waals surface area contributed by atoms with E-state index in [9.17, 15) is 8.42 Å². The zero-order chi connectivity index (χ0) is 13.7. The maximum atomic E-state index is 11.9. The molecule has 19 heavy (non-hydrogen) atoms. The van der Waals surface area contributed by atoms with E-state index in [0.29, 0.717) is 37.7 Å². The van der Waals surface area contributed by atoms with Crippen molar-refractivity contribution in [3.05, 3.63) is 17.9 Å². The van der Waals surface area contributed by atoms with Crippen LogP contribution in [-0.4, -0.2) is 32.7 Å². The molecule has 108 valence electrons. The highest BCUT2D eigenvalue weighted by molar-refractivity contribution is 7.89. The number of furan rings is 1. The van der Waals surface area contributed by atoms with Gasteiger partial charge in [-0.15, -0.1) is 0 Å². The molecule has 1 aliphatic rings. The van der Waals surface area contributed by atoms with Crippen LogP contribution >= 0.6 is 0 Å². The van der Waals surface area contributed by atoms with Gasteiger partial charge in [0.05, 0.1) is 6.54 Å². The summed E-state index contributed by atoms with van der Waals surface area (Å²) in [6, 6.07) is 3.71. The van der Waals surface area contributed by atoms with E-state index in [0.717, 1.165) is 0 Å². The molecule has 1 fully saturated rings. The van der Waals surface area contributed by atoms with Gasteiger partial charge in [-0.25, -0.2) is 13.1 Å². The maximum absolute atomic E-state index is 11.9. The van der Waals surface area contributed by atoms with Crippen molar-refractivity contribution in [3.8, 4) is 0 Å². The van der Waals surface area contributed by atoms with Gasteiger partial charge in [-0.05, 0) is 37.8 Å². The lowest BCUT2D eigenvalue weighted by molar-refractivity contribution is 0.285. The Morgan fingerprint density at radius 3 is 2.79 bits per heavy atom. The van der Waals surface area contributed by atoms with Crippen molar-refractivity contribution in [1.29, 1.82) is 0 Å². The highest BCUT2D eigenvalue weighted by atomic mass is 32.2. The van der Waals surface area contributed by atoms with Crippen LogP contribution in [-0.2, 0) is 16.6 Å². The molecule has 0 saturated heterocycles. The molecule has 0 radical (unpaired) electrons. The molecule has 7 heteroatoms. The second kappa shape index (κ2) is 6.51. The third kappa shape index (κ3) is 4.61. The largest absolute Gasteiger partial charge is 0.447 e.